The standard InChI is InChI=1S/C60H77ClF2N10O13S/c1-35(37-13-15-38(16-14-37)52-36(2)64-34-87-52)65-55(79)43-29-39(74)32-73(43)56(80)53(59(3,4)5)66-46(77)33-85-28-27-84-26-25-83-24-23-82-22-21-70(9)47(78)31-45(76)67-57-68-51-40(30-41(61)48(50(51)63)49-42(62)11-10-12-44(49)75)54(69-57)71-17-19-72(20-18-71)58(81)86-60(6,7)8/h10-16,30,34-35,39,43,53,74-75H,17-29,31-33H2,1-9H3,(H,65,79)(H,66,77)(H,67,68,69,76)/t35-,39+,43-,53+/m0/s1. The van der Waals surface area contributed by atoms with Crippen molar-refractivity contribution in [3.05, 3.63) is 82.0 Å². The first-order chi connectivity index (χ1) is 41.2. The molecular formula is C60H77ClF2N10O13S. The Morgan fingerprint density at radius 2 is 1.49 bits per heavy atom. The molecule has 2 fully saturated rings. The van der Waals surface area contributed by atoms with Gasteiger partial charge >= 0.3 is 6.09 Å². The number of hydrogen-bond donors (Lipinski definition) is 5. The average Bonchev–Trinajstić information content (AvgIpc) is 1.47. The number of likely N-dealkylation sites (tertiary alicyclic amines) is 1. The van der Waals surface area contributed by atoms with Gasteiger partial charge in [-0.25, -0.2) is 23.5 Å². The van der Waals surface area contributed by atoms with Gasteiger partial charge in [-0.2, -0.15) is 4.98 Å². The van der Waals surface area contributed by atoms with Crippen LogP contribution in [-0.2, 0) is 47.7 Å². The number of β-amino-alcohol motifs (C(OH)–C–C–N with tert-alkyl or cyclic N) is 1. The van der Waals surface area contributed by atoms with Crippen molar-refractivity contribution >= 4 is 81.2 Å². The van der Waals surface area contributed by atoms with E-state index in [0.717, 1.165) is 27.8 Å². The second-order valence-electron chi connectivity index (χ2n) is 23.2. The summed E-state index contributed by atoms with van der Waals surface area (Å²) in [5, 5.41) is 29.3. The number of thiazole rings is 1. The average molecular weight is 1250 g/mol. The number of fused-ring (bicyclic) bond motifs is 1. The molecule has 0 radical (unpaired) electrons. The van der Waals surface area contributed by atoms with Gasteiger partial charge in [-0.1, -0.05) is 62.7 Å². The van der Waals surface area contributed by atoms with E-state index in [1.54, 1.807) is 63.3 Å². The van der Waals surface area contributed by atoms with E-state index in [1.807, 2.05) is 38.1 Å². The van der Waals surface area contributed by atoms with Crippen LogP contribution in [0, 0.1) is 24.0 Å². The topological polar surface area (TPSA) is 277 Å². The molecule has 0 aliphatic carbocycles. The molecule has 27 heteroatoms. The first kappa shape index (κ1) is 67.3. The van der Waals surface area contributed by atoms with Gasteiger partial charge in [-0.3, -0.25) is 29.3 Å². The van der Waals surface area contributed by atoms with E-state index < -0.39 is 99.8 Å². The fourth-order valence-electron chi connectivity index (χ4n) is 9.70. The molecule has 0 spiro atoms. The number of piperazine rings is 1. The second kappa shape index (κ2) is 30.1. The number of nitrogens with zero attached hydrogens (tertiary/aromatic N) is 7. The zero-order chi connectivity index (χ0) is 63.3. The van der Waals surface area contributed by atoms with Crippen LogP contribution in [0.4, 0.5) is 25.3 Å². The quantitative estimate of drug-likeness (QED) is 0.0302. The minimum atomic E-state index is -1.10. The summed E-state index contributed by atoms with van der Waals surface area (Å²) in [6.45, 7) is 16.1. The molecule has 2 saturated heterocycles. The molecule has 7 rings (SSSR count). The first-order valence-corrected chi connectivity index (χ1v) is 29.8. The number of rotatable bonds is 25. The van der Waals surface area contributed by atoms with Gasteiger partial charge in [0.05, 0.1) is 85.1 Å². The minimum Gasteiger partial charge on any atom is -0.507 e. The van der Waals surface area contributed by atoms with Crippen LogP contribution < -0.4 is 20.9 Å². The molecule has 6 amide bonds. The second-order valence-corrected chi connectivity index (χ2v) is 24.5. The molecule has 5 N–H and O–H groups in total. The molecule has 23 nitrogen and oxygen atoms in total. The Morgan fingerprint density at radius 3 is 2.10 bits per heavy atom. The molecule has 0 bridgehead atoms. The Kier molecular flexibility index (Phi) is 23.3. The number of carbonyl (C=O) groups excluding carboxylic acids is 6. The highest BCUT2D eigenvalue weighted by atomic mass is 35.5. The largest absolute Gasteiger partial charge is 0.507 e. The Balaban J connectivity index is 0.790. The zero-order valence-corrected chi connectivity index (χ0v) is 51.9. The van der Waals surface area contributed by atoms with Crippen LogP contribution in [0.5, 0.6) is 5.75 Å². The van der Waals surface area contributed by atoms with Gasteiger partial charge in [-0.05, 0) is 69.4 Å². The summed E-state index contributed by atoms with van der Waals surface area (Å²) in [5.41, 5.74) is 1.83. The number of carbonyl (C=O) groups is 6. The number of aromatic hydroxyl groups is 1. The van der Waals surface area contributed by atoms with E-state index in [9.17, 15) is 39.0 Å². The number of anilines is 2. The van der Waals surface area contributed by atoms with Crippen molar-refractivity contribution in [2.45, 2.75) is 98.1 Å². The third-order valence-corrected chi connectivity index (χ3v) is 15.6. The lowest BCUT2D eigenvalue weighted by atomic mass is 9.85. The molecule has 4 heterocycles. The molecule has 5 aromatic rings. The number of phenolic OH excluding ortho intramolecular Hbond substituents is 1. The van der Waals surface area contributed by atoms with Crippen molar-refractivity contribution in [1.29, 1.82) is 0 Å². The number of aliphatic hydroxyl groups is 1. The molecule has 472 valence electrons. The number of amides is 6. The Hall–Kier alpha value is -7.20. The zero-order valence-electron chi connectivity index (χ0n) is 50.4. The molecule has 0 saturated carbocycles. The van der Waals surface area contributed by atoms with Crippen molar-refractivity contribution in [3.8, 4) is 27.3 Å². The maximum Gasteiger partial charge on any atom is 0.410 e. The normalized spacial score (nSPS) is 16.2. The van der Waals surface area contributed by atoms with Crippen molar-refractivity contribution in [2.24, 2.45) is 5.41 Å². The number of nitrogens with one attached hydrogen (secondary N) is 3. The number of aliphatic hydroxyl groups excluding tert-OH is 1. The van der Waals surface area contributed by atoms with E-state index >= 15 is 8.78 Å². The van der Waals surface area contributed by atoms with E-state index in [0.29, 0.717) is 0 Å². The summed E-state index contributed by atoms with van der Waals surface area (Å²) in [5.74, 6) is -5.67. The number of phenols is 1. The van der Waals surface area contributed by atoms with Gasteiger partial charge in [0.25, 0.3) is 0 Å². The number of aromatic nitrogens is 3. The molecule has 2 aromatic heterocycles. The Bertz CT molecular complexity index is 3230. The summed E-state index contributed by atoms with van der Waals surface area (Å²) in [6, 6.07) is 10.3. The fraction of sp³-hybridized carbons (Fsp3) is 0.517. The lowest BCUT2D eigenvalue weighted by Crippen LogP contribution is -2.58. The summed E-state index contributed by atoms with van der Waals surface area (Å²) >= 11 is 8.13. The third kappa shape index (κ3) is 18.2. The van der Waals surface area contributed by atoms with Crippen LogP contribution in [0.2, 0.25) is 5.02 Å². The number of likely N-dealkylation sites (N-methyl/N-ethyl adjacent to an activating group) is 1. The van der Waals surface area contributed by atoms with Crippen LogP contribution >= 0.6 is 22.9 Å². The Labute approximate surface area is 513 Å². The SMILES string of the molecule is Cc1ncsc1-c1ccc([C@H](C)NC(=O)[C@@H]2C[C@@H](O)CN2C(=O)[C@@H](NC(=O)COCCOCCOCCOCCN(C)C(=O)CC(=O)Nc2nc(N3CCN(C(=O)OC(C)(C)C)CC3)c3cc(Cl)c(-c4c(O)cccc4F)c(F)c3n2)C(C)(C)C)cc1. The highest BCUT2D eigenvalue weighted by Gasteiger charge is 2.45. The molecule has 87 heavy (non-hydrogen) atoms. The third-order valence-electron chi connectivity index (χ3n) is 14.3. The lowest BCUT2D eigenvalue weighted by molar-refractivity contribution is -0.144. The number of ether oxygens (including phenoxy) is 5. The van der Waals surface area contributed by atoms with Crippen molar-refractivity contribution in [3.63, 3.8) is 0 Å². The van der Waals surface area contributed by atoms with Gasteiger partial charge in [0.15, 0.2) is 5.82 Å². The maximum atomic E-state index is 16.6. The summed E-state index contributed by atoms with van der Waals surface area (Å²) in [7, 11) is 1.49. The molecule has 3 aromatic carbocycles. The number of benzene rings is 3. The number of aryl methyl sites for hydroxylation is 1. The molecule has 0 unspecified atom stereocenters. The van der Waals surface area contributed by atoms with Crippen molar-refractivity contribution in [1.82, 2.24) is 40.3 Å². The maximum absolute atomic E-state index is 16.6. The van der Waals surface area contributed by atoms with Crippen molar-refractivity contribution in [2.75, 3.05) is 109 Å². The smallest absolute Gasteiger partial charge is 0.410 e. The van der Waals surface area contributed by atoms with Gasteiger partial charge < -0.3 is 64.1 Å². The summed E-state index contributed by atoms with van der Waals surface area (Å²) in [6.07, 6.45) is -2.02. The van der Waals surface area contributed by atoms with Crippen LogP contribution in [-0.4, -0.2) is 198 Å². The molecule has 4 atom stereocenters. The van der Waals surface area contributed by atoms with Crippen LogP contribution in [0.1, 0.15) is 78.6 Å². The lowest BCUT2D eigenvalue weighted by Gasteiger charge is -2.36. The fourth-order valence-corrected chi connectivity index (χ4v) is 10.8. The predicted octanol–water partition coefficient (Wildman–Crippen LogP) is 6.65. The number of hydrogen-bond acceptors (Lipinski definition) is 18. The highest BCUT2D eigenvalue weighted by molar-refractivity contribution is 7.13. The highest BCUT2D eigenvalue weighted by Crippen LogP contribution is 2.43. The van der Waals surface area contributed by atoms with E-state index in [4.69, 9.17) is 35.3 Å². The first-order valence-electron chi connectivity index (χ1n) is 28.5. The summed E-state index contributed by atoms with van der Waals surface area (Å²) in [4.78, 5) is 100. The molecule has 2 aliphatic rings. The van der Waals surface area contributed by atoms with Gasteiger partial charge in [0, 0.05) is 63.7 Å². The van der Waals surface area contributed by atoms with Gasteiger partial charge in [-0.15, -0.1) is 11.3 Å². The number of halogens is 3. The molecule has 2 aliphatic heterocycles. The van der Waals surface area contributed by atoms with Crippen LogP contribution in [0.3, 0.4) is 0 Å². The van der Waals surface area contributed by atoms with E-state index in [2.05, 4.69) is 30.9 Å². The monoisotopic (exact) mass is 1250 g/mol. The van der Waals surface area contributed by atoms with Gasteiger partial charge in [0.1, 0.15) is 53.6 Å². The summed E-state index contributed by atoms with van der Waals surface area (Å²) < 4.78 is 59.5. The van der Waals surface area contributed by atoms with Crippen LogP contribution in [0.25, 0.3) is 32.5 Å². The Morgan fingerprint density at radius 1 is 0.851 bits per heavy atom. The predicted molar refractivity (Wildman–Crippen MR) is 322 cm³/mol. The van der Waals surface area contributed by atoms with Gasteiger partial charge in [0.2, 0.25) is 35.5 Å². The van der Waals surface area contributed by atoms with Crippen LogP contribution in [0.15, 0.2) is 54.0 Å². The van der Waals surface area contributed by atoms with Crippen molar-refractivity contribution < 1.29 is 71.4 Å². The minimum absolute atomic E-state index is 0.0516. The van der Waals surface area contributed by atoms with E-state index in [1.165, 1.54) is 39.9 Å². The van der Waals surface area contributed by atoms with E-state index in [-0.39, 0.29) is 132 Å². The molecular weight excluding hydrogens is 1170 g/mol.